The van der Waals surface area contributed by atoms with Crippen LogP contribution in [0.1, 0.15) is 31.4 Å². The minimum atomic E-state index is -0.952. The van der Waals surface area contributed by atoms with Crippen molar-refractivity contribution in [1.29, 1.82) is 0 Å². The molecule has 0 aromatic carbocycles. The van der Waals surface area contributed by atoms with E-state index in [1.807, 2.05) is 20.8 Å². The van der Waals surface area contributed by atoms with Crippen LogP contribution in [0.5, 0.6) is 0 Å². The molecule has 0 spiro atoms. The van der Waals surface area contributed by atoms with Crippen LogP contribution in [0, 0.1) is 5.41 Å². The largest absolute Gasteiger partial charge is 0.465 e. The van der Waals surface area contributed by atoms with Gasteiger partial charge in [-0.05, 0) is 21.3 Å². The molecule has 0 aliphatic carbocycles. The van der Waals surface area contributed by atoms with Crippen molar-refractivity contribution in [3.63, 3.8) is 0 Å². The minimum Gasteiger partial charge on any atom is -0.465 e. The molecule has 8 heteroatoms. The molecule has 2 heterocycles. The van der Waals surface area contributed by atoms with Crippen LogP contribution >= 0.6 is 15.9 Å². The van der Waals surface area contributed by atoms with Crippen LogP contribution in [0.25, 0.3) is 0 Å². The Kier molecular flexibility index (Phi) is 4.69. The van der Waals surface area contributed by atoms with Gasteiger partial charge in [-0.1, -0.05) is 20.8 Å². The van der Waals surface area contributed by atoms with E-state index in [4.69, 9.17) is 0 Å². The van der Waals surface area contributed by atoms with Gasteiger partial charge >= 0.3 is 6.09 Å². The third-order valence-electron chi connectivity index (χ3n) is 3.72. The summed E-state index contributed by atoms with van der Waals surface area (Å²) in [6.07, 6.45) is 2.09. The topological polar surface area (TPSA) is 86.6 Å². The van der Waals surface area contributed by atoms with Crippen LogP contribution < -0.4 is 0 Å². The molecule has 1 aliphatic heterocycles. The van der Waals surface area contributed by atoms with Gasteiger partial charge in [0.15, 0.2) is 0 Å². The van der Waals surface area contributed by atoms with E-state index >= 15 is 0 Å². The average molecular weight is 371 g/mol. The maximum Gasteiger partial charge on any atom is 0.407 e. The molecular formula is C14H19BrN4O3. The Morgan fingerprint density at radius 3 is 2.36 bits per heavy atom. The minimum absolute atomic E-state index is 0.125. The van der Waals surface area contributed by atoms with E-state index in [0.29, 0.717) is 24.1 Å². The van der Waals surface area contributed by atoms with Gasteiger partial charge in [0.1, 0.15) is 0 Å². The first-order chi connectivity index (χ1) is 10.2. The number of hydrogen-bond acceptors (Lipinski definition) is 4. The number of amides is 2. The third kappa shape index (κ3) is 3.55. The molecule has 1 atom stereocenters. The van der Waals surface area contributed by atoms with Crippen molar-refractivity contribution in [3.8, 4) is 0 Å². The van der Waals surface area contributed by atoms with Crippen LogP contribution in [0.4, 0.5) is 4.79 Å². The number of carbonyl (C=O) groups is 2. The smallest absolute Gasteiger partial charge is 0.407 e. The number of rotatable bonds is 1. The molecule has 1 aliphatic rings. The molecule has 1 unspecified atom stereocenters. The highest BCUT2D eigenvalue weighted by atomic mass is 79.9. The molecule has 2 rings (SSSR count). The zero-order chi connectivity index (χ0) is 16.5. The molecule has 0 saturated carbocycles. The normalized spacial score (nSPS) is 19.2. The lowest BCUT2D eigenvalue weighted by Crippen LogP contribution is -2.60. The summed E-state index contributed by atoms with van der Waals surface area (Å²) in [7, 11) is 0. The molecular weight excluding hydrogens is 352 g/mol. The number of carboxylic acid groups (broad SMARTS) is 1. The first kappa shape index (κ1) is 16.7. The Morgan fingerprint density at radius 2 is 1.86 bits per heavy atom. The molecule has 1 fully saturated rings. The predicted molar refractivity (Wildman–Crippen MR) is 83.6 cm³/mol. The summed E-state index contributed by atoms with van der Waals surface area (Å²) in [5.74, 6) is -0.147. The number of nitrogens with zero attached hydrogens (tertiary/aromatic N) is 4. The van der Waals surface area contributed by atoms with E-state index in [1.165, 1.54) is 17.3 Å². The summed E-state index contributed by atoms with van der Waals surface area (Å²) in [5, 5.41) is 9.34. The maximum absolute atomic E-state index is 12.5. The second kappa shape index (κ2) is 6.20. The fraction of sp³-hybridized carbons (Fsp3) is 0.571. The predicted octanol–water partition coefficient (Wildman–Crippen LogP) is 2.09. The second-order valence-corrected chi connectivity index (χ2v) is 7.25. The van der Waals surface area contributed by atoms with Gasteiger partial charge in [-0.15, -0.1) is 0 Å². The Morgan fingerprint density at radius 1 is 1.27 bits per heavy atom. The zero-order valence-electron chi connectivity index (χ0n) is 12.8. The summed E-state index contributed by atoms with van der Waals surface area (Å²) >= 11 is 3.23. The average Bonchev–Trinajstić information content (AvgIpc) is 2.45. The van der Waals surface area contributed by atoms with Gasteiger partial charge in [0.25, 0.3) is 5.91 Å². The Bertz CT molecular complexity index is 570. The monoisotopic (exact) mass is 370 g/mol. The molecule has 1 aromatic rings. The fourth-order valence-corrected chi connectivity index (χ4v) is 2.71. The summed E-state index contributed by atoms with van der Waals surface area (Å²) in [5.41, 5.74) is -0.266. The van der Waals surface area contributed by atoms with Crippen molar-refractivity contribution in [3.05, 3.63) is 22.7 Å². The lowest BCUT2D eigenvalue weighted by molar-refractivity contribution is 0.0192. The van der Waals surface area contributed by atoms with Gasteiger partial charge in [0, 0.05) is 32.0 Å². The summed E-state index contributed by atoms with van der Waals surface area (Å²) in [6.45, 7) is 6.89. The molecule has 0 bridgehead atoms. The Labute approximate surface area is 137 Å². The lowest BCUT2D eigenvalue weighted by atomic mass is 9.84. The molecule has 0 radical (unpaired) electrons. The number of hydrogen-bond donors (Lipinski definition) is 1. The summed E-state index contributed by atoms with van der Waals surface area (Å²) in [4.78, 5) is 34.9. The molecule has 22 heavy (non-hydrogen) atoms. The first-order valence-corrected chi connectivity index (χ1v) is 7.76. The van der Waals surface area contributed by atoms with Crippen LogP contribution in [0.15, 0.2) is 16.9 Å². The molecule has 1 aromatic heterocycles. The molecule has 2 amide bonds. The van der Waals surface area contributed by atoms with Crippen molar-refractivity contribution < 1.29 is 14.7 Å². The van der Waals surface area contributed by atoms with E-state index in [1.54, 1.807) is 4.90 Å². The van der Waals surface area contributed by atoms with Crippen molar-refractivity contribution in [2.75, 3.05) is 19.6 Å². The van der Waals surface area contributed by atoms with Gasteiger partial charge in [-0.2, -0.15) is 0 Å². The van der Waals surface area contributed by atoms with Crippen molar-refractivity contribution in [1.82, 2.24) is 19.8 Å². The summed E-state index contributed by atoms with van der Waals surface area (Å²) < 4.78 is 0.701. The van der Waals surface area contributed by atoms with E-state index in [2.05, 4.69) is 25.9 Å². The van der Waals surface area contributed by atoms with Gasteiger partial charge in [-0.25, -0.2) is 14.8 Å². The maximum atomic E-state index is 12.5. The van der Waals surface area contributed by atoms with Crippen LogP contribution in [0.2, 0.25) is 0 Å². The highest BCUT2D eigenvalue weighted by molar-refractivity contribution is 9.10. The van der Waals surface area contributed by atoms with E-state index in [-0.39, 0.29) is 23.2 Å². The number of aromatic nitrogens is 2. The number of piperazine rings is 1. The van der Waals surface area contributed by atoms with Gasteiger partial charge in [0.05, 0.1) is 10.5 Å². The number of carbonyl (C=O) groups excluding carboxylic acids is 1. The quantitative estimate of drug-likeness (QED) is 0.817. The van der Waals surface area contributed by atoms with Crippen LogP contribution in [0.3, 0.4) is 0 Å². The highest BCUT2D eigenvalue weighted by Crippen LogP contribution is 2.28. The summed E-state index contributed by atoms with van der Waals surface area (Å²) in [6, 6.07) is -0.266. The Hall–Kier alpha value is -1.70. The zero-order valence-corrected chi connectivity index (χ0v) is 14.4. The van der Waals surface area contributed by atoms with E-state index in [9.17, 15) is 14.7 Å². The van der Waals surface area contributed by atoms with Gasteiger partial charge in [0.2, 0.25) is 5.82 Å². The van der Waals surface area contributed by atoms with Crippen LogP contribution in [-0.2, 0) is 0 Å². The highest BCUT2D eigenvalue weighted by Gasteiger charge is 2.39. The SMILES string of the molecule is CC(C)(C)C1CN(C(=O)c2ncc(Br)cn2)CCN1C(=O)O. The van der Waals surface area contributed by atoms with Gasteiger partial charge < -0.3 is 14.9 Å². The molecule has 120 valence electrons. The van der Waals surface area contributed by atoms with E-state index in [0.717, 1.165) is 0 Å². The van der Waals surface area contributed by atoms with E-state index < -0.39 is 6.09 Å². The van der Waals surface area contributed by atoms with Crippen molar-refractivity contribution in [2.45, 2.75) is 26.8 Å². The second-order valence-electron chi connectivity index (χ2n) is 6.33. The molecule has 7 nitrogen and oxygen atoms in total. The lowest BCUT2D eigenvalue weighted by Gasteiger charge is -2.45. The van der Waals surface area contributed by atoms with Crippen molar-refractivity contribution in [2.24, 2.45) is 5.41 Å². The first-order valence-electron chi connectivity index (χ1n) is 6.96. The fourth-order valence-electron chi connectivity index (χ4n) is 2.50. The Balaban J connectivity index is 2.18. The standard InChI is InChI=1S/C14H19BrN4O3/c1-14(2,3)10-8-18(4-5-19(10)13(21)22)12(20)11-16-6-9(15)7-17-11/h6-7,10H,4-5,8H2,1-3H3,(H,21,22). The number of halogens is 1. The molecule has 1 saturated heterocycles. The molecule has 1 N–H and O–H groups in total. The third-order valence-corrected chi connectivity index (χ3v) is 4.13. The van der Waals surface area contributed by atoms with Crippen LogP contribution in [-0.4, -0.2) is 62.6 Å². The van der Waals surface area contributed by atoms with Crippen molar-refractivity contribution >= 4 is 27.9 Å². The van der Waals surface area contributed by atoms with Gasteiger partial charge in [-0.3, -0.25) is 4.79 Å².